The topological polar surface area (TPSA) is 21.7 Å². The highest BCUT2D eigenvalue weighted by molar-refractivity contribution is 5.75. The van der Waals surface area contributed by atoms with Crippen LogP contribution in [0.2, 0.25) is 0 Å². The molecule has 0 radical (unpaired) electrons. The fourth-order valence-electron chi connectivity index (χ4n) is 7.41. The first-order valence-electron chi connectivity index (χ1n) is 11.6. The molecule has 2 heterocycles. The summed E-state index contributed by atoms with van der Waals surface area (Å²) >= 11 is 0. The van der Waals surface area contributed by atoms with Gasteiger partial charge in [-0.2, -0.15) is 0 Å². The minimum absolute atomic E-state index is 0.379. The van der Waals surface area contributed by atoms with Crippen molar-refractivity contribution in [2.24, 2.45) is 31.8 Å². The highest BCUT2D eigenvalue weighted by atomic mass is 15.0. The zero-order valence-corrected chi connectivity index (χ0v) is 18.4. The predicted octanol–water partition coefficient (Wildman–Crippen LogP) is 5.35. The second-order valence-electron chi connectivity index (χ2n) is 10.5. The van der Waals surface area contributed by atoms with Gasteiger partial charge in [0.05, 0.1) is 5.56 Å². The molecule has 30 heavy (non-hydrogen) atoms. The number of nitrogens with zero attached hydrogens (tertiary/aromatic N) is 3. The summed E-state index contributed by atoms with van der Waals surface area (Å²) in [6.45, 7) is 2.27. The summed E-state index contributed by atoms with van der Waals surface area (Å²) < 4.78 is 4.43. The Hall–Kier alpha value is -2.42. The molecule has 3 aromatic rings. The maximum absolute atomic E-state index is 4.75. The third-order valence-electron chi connectivity index (χ3n) is 8.45. The molecule has 3 heteroatoms. The molecule has 0 atom stereocenters. The number of hydrogen-bond donors (Lipinski definition) is 0. The van der Waals surface area contributed by atoms with Crippen molar-refractivity contribution in [1.29, 1.82) is 0 Å². The van der Waals surface area contributed by atoms with Gasteiger partial charge in [0.2, 0.25) is 5.69 Å². The fourth-order valence-corrected chi connectivity index (χ4v) is 7.41. The molecular weight excluding hydrogens is 366 g/mol. The van der Waals surface area contributed by atoms with Crippen LogP contribution < -0.4 is 4.57 Å². The maximum atomic E-state index is 4.75. The van der Waals surface area contributed by atoms with Gasteiger partial charge in [-0.15, -0.1) is 0 Å². The van der Waals surface area contributed by atoms with Crippen molar-refractivity contribution in [2.45, 2.75) is 50.9 Å². The summed E-state index contributed by atoms with van der Waals surface area (Å²) in [5.74, 6) is 3.93. The molecule has 4 saturated carbocycles. The minimum Gasteiger partial charge on any atom is -0.334 e. The van der Waals surface area contributed by atoms with Crippen LogP contribution in [-0.2, 0) is 19.5 Å². The van der Waals surface area contributed by atoms with Gasteiger partial charge in [-0.05, 0) is 97.9 Å². The number of imidazole rings is 1. The normalized spacial score (nSPS) is 29.5. The Morgan fingerprint density at radius 1 is 1.00 bits per heavy atom. The van der Waals surface area contributed by atoms with Crippen molar-refractivity contribution in [1.82, 2.24) is 9.55 Å². The van der Waals surface area contributed by atoms with Gasteiger partial charge in [-0.25, -0.2) is 9.55 Å². The quantitative estimate of drug-likeness (QED) is 0.545. The molecule has 4 aliphatic carbocycles. The number of benzene rings is 1. The number of hydrogen-bond acceptors (Lipinski definition) is 1. The van der Waals surface area contributed by atoms with Gasteiger partial charge in [-0.1, -0.05) is 0 Å². The van der Waals surface area contributed by atoms with Crippen molar-refractivity contribution in [3.8, 4) is 22.6 Å². The Morgan fingerprint density at radius 3 is 2.27 bits per heavy atom. The molecule has 4 fully saturated rings. The van der Waals surface area contributed by atoms with Gasteiger partial charge in [0, 0.05) is 37.1 Å². The largest absolute Gasteiger partial charge is 0.334 e. The van der Waals surface area contributed by atoms with E-state index in [2.05, 4.69) is 72.9 Å². The first-order valence-corrected chi connectivity index (χ1v) is 11.6. The summed E-state index contributed by atoms with van der Waals surface area (Å²) in [7, 11) is 4.27. The lowest BCUT2D eigenvalue weighted by Gasteiger charge is -2.57. The van der Waals surface area contributed by atoms with Crippen LogP contribution in [-0.4, -0.2) is 9.55 Å². The number of aryl methyl sites for hydroxylation is 2. The number of rotatable bonds is 3. The van der Waals surface area contributed by atoms with Crippen LogP contribution in [0.15, 0.2) is 48.9 Å². The van der Waals surface area contributed by atoms with Crippen molar-refractivity contribution in [2.75, 3.05) is 0 Å². The van der Waals surface area contributed by atoms with Crippen LogP contribution in [0.3, 0.4) is 0 Å². The van der Waals surface area contributed by atoms with Gasteiger partial charge in [0.25, 0.3) is 0 Å². The summed E-state index contributed by atoms with van der Waals surface area (Å²) in [6, 6.07) is 11.6. The Morgan fingerprint density at radius 2 is 1.67 bits per heavy atom. The van der Waals surface area contributed by atoms with E-state index in [-0.39, 0.29) is 0 Å². The van der Waals surface area contributed by atoms with Crippen LogP contribution in [0.1, 0.15) is 49.7 Å². The molecule has 0 N–H and O–H groups in total. The maximum Gasteiger partial charge on any atom is 0.212 e. The predicted molar refractivity (Wildman–Crippen MR) is 120 cm³/mol. The van der Waals surface area contributed by atoms with Crippen LogP contribution >= 0.6 is 0 Å². The van der Waals surface area contributed by atoms with Crippen LogP contribution in [0.5, 0.6) is 0 Å². The zero-order chi connectivity index (χ0) is 20.5. The molecule has 2 aromatic heterocycles. The molecule has 3 nitrogen and oxygen atoms in total. The summed E-state index contributed by atoms with van der Waals surface area (Å²) in [5.41, 5.74) is 7.24. The van der Waals surface area contributed by atoms with Crippen molar-refractivity contribution in [3.63, 3.8) is 0 Å². The first-order chi connectivity index (χ1) is 14.5. The third kappa shape index (κ3) is 2.71. The Balaban J connectivity index is 1.58. The van der Waals surface area contributed by atoms with Crippen molar-refractivity contribution in [3.05, 3.63) is 60.0 Å². The van der Waals surface area contributed by atoms with E-state index < -0.39 is 0 Å². The van der Waals surface area contributed by atoms with E-state index in [4.69, 9.17) is 4.98 Å². The van der Waals surface area contributed by atoms with E-state index in [0.717, 1.165) is 23.6 Å². The lowest BCUT2D eigenvalue weighted by molar-refractivity contribution is -0.660. The molecule has 0 saturated heterocycles. The van der Waals surface area contributed by atoms with E-state index in [9.17, 15) is 0 Å². The van der Waals surface area contributed by atoms with Crippen molar-refractivity contribution >= 4 is 0 Å². The standard InChI is InChI=1S/C27H32N3/c1-18-23(25-6-4-5-8-29(25)2)13-22(14-24(18)26-28-7-9-30(26)3)27-15-19-10-20(16-27)12-21(11-19)17-27/h4-9,13-14,19-21H,10-12,15-17H2,1-3H3/q+1. The number of pyridine rings is 1. The van der Waals surface area contributed by atoms with Gasteiger partial charge in [0.15, 0.2) is 6.20 Å². The molecule has 4 aliphatic rings. The summed E-state index contributed by atoms with van der Waals surface area (Å²) in [4.78, 5) is 4.75. The van der Waals surface area contributed by atoms with Gasteiger partial charge >= 0.3 is 0 Å². The Labute approximate surface area is 179 Å². The van der Waals surface area contributed by atoms with E-state index in [1.807, 2.05) is 6.20 Å². The highest BCUT2D eigenvalue weighted by Crippen LogP contribution is 2.61. The van der Waals surface area contributed by atoms with Crippen LogP contribution in [0.4, 0.5) is 0 Å². The van der Waals surface area contributed by atoms with Crippen molar-refractivity contribution < 1.29 is 4.57 Å². The lowest BCUT2D eigenvalue weighted by atomic mass is 9.48. The molecule has 7 rings (SSSR count). The smallest absolute Gasteiger partial charge is 0.212 e. The van der Waals surface area contributed by atoms with Gasteiger partial charge in [0.1, 0.15) is 12.9 Å². The third-order valence-corrected chi connectivity index (χ3v) is 8.45. The SMILES string of the molecule is Cc1c(-c2nccn2C)cc(C23CC4CC(CC(C4)C2)C3)cc1-c1cccc[n+]1C. The molecule has 0 amide bonds. The Kier molecular flexibility index (Phi) is 4.00. The van der Waals surface area contributed by atoms with Crippen LogP contribution in [0, 0.1) is 24.7 Å². The molecule has 1 aromatic carbocycles. The summed E-state index contributed by atoms with van der Waals surface area (Å²) in [6.07, 6.45) is 14.8. The van der Waals surface area contributed by atoms with Gasteiger partial charge in [-0.3, -0.25) is 0 Å². The second-order valence-corrected chi connectivity index (χ2v) is 10.5. The van der Waals surface area contributed by atoms with E-state index >= 15 is 0 Å². The molecule has 0 unspecified atom stereocenters. The van der Waals surface area contributed by atoms with E-state index in [0.29, 0.717) is 5.41 Å². The molecule has 0 spiro atoms. The highest BCUT2D eigenvalue weighted by Gasteiger charge is 2.51. The lowest BCUT2D eigenvalue weighted by Crippen LogP contribution is -2.48. The Bertz CT molecular complexity index is 1090. The van der Waals surface area contributed by atoms with Gasteiger partial charge < -0.3 is 4.57 Å². The minimum atomic E-state index is 0.379. The molecular formula is C27H32N3+. The van der Waals surface area contributed by atoms with Crippen LogP contribution in [0.25, 0.3) is 22.6 Å². The average Bonchev–Trinajstić information content (AvgIpc) is 3.13. The molecule has 0 aliphatic heterocycles. The first kappa shape index (κ1) is 18.4. The average molecular weight is 399 g/mol. The fraction of sp³-hybridized carbons (Fsp3) is 0.481. The number of aromatic nitrogens is 3. The summed E-state index contributed by atoms with van der Waals surface area (Å²) in [5, 5.41) is 0. The van der Waals surface area contributed by atoms with E-state index in [1.165, 1.54) is 60.9 Å². The second kappa shape index (κ2) is 6.54. The zero-order valence-electron chi connectivity index (χ0n) is 18.4. The monoisotopic (exact) mass is 398 g/mol. The van der Waals surface area contributed by atoms with E-state index in [1.54, 1.807) is 5.56 Å². The molecule has 4 bridgehead atoms. The molecule has 154 valence electrons.